The third kappa shape index (κ3) is 5.41. The molecule has 1 aromatic heterocycles. The van der Waals surface area contributed by atoms with E-state index in [0.29, 0.717) is 0 Å². The number of oxazole rings is 1. The summed E-state index contributed by atoms with van der Waals surface area (Å²) in [6.07, 6.45) is 1.40. The molecule has 30 heavy (non-hydrogen) atoms. The van der Waals surface area contributed by atoms with Crippen molar-refractivity contribution < 1.29 is 31.2 Å². The Kier molecular flexibility index (Phi) is 6.49. The van der Waals surface area contributed by atoms with E-state index in [1.54, 1.807) is 0 Å². The van der Waals surface area contributed by atoms with E-state index in [1.807, 2.05) is 0 Å². The highest BCUT2D eigenvalue weighted by atomic mass is 32.2. The van der Waals surface area contributed by atoms with Crippen LogP contribution in [0.15, 0.2) is 28.8 Å². The Labute approximate surface area is 172 Å². The molecule has 162 valence electrons. The molecule has 1 N–H and O–H groups in total. The fourth-order valence-corrected chi connectivity index (χ4v) is 4.24. The summed E-state index contributed by atoms with van der Waals surface area (Å²) in [5.74, 6) is -2.09. The van der Waals surface area contributed by atoms with Crippen molar-refractivity contribution in [2.45, 2.75) is 25.8 Å². The molecular formula is C19H21F2N3O5S. The molecule has 1 aromatic carbocycles. The summed E-state index contributed by atoms with van der Waals surface area (Å²) in [6.45, 7) is 1.75. The number of benzene rings is 1. The Morgan fingerprint density at radius 3 is 2.63 bits per heavy atom. The normalized spacial score (nSPS) is 16.8. The number of rotatable bonds is 6. The Bertz CT molecular complexity index is 1040. The first-order valence-corrected chi connectivity index (χ1v) is 11.2. The van der Waals surface area contributed by atoms with Crippen LogP contribution in [0.1, 0.15) is 19.2 Å². The fraction of sp³-hybridized carbons (Fsp3) is 0.421. The van der Waals surface area contributed by atoms with Gasteiger partial charge in [-0.15, -0.1) is 0 Å². The number of aryl methyl sites for hydroxylation is 1. The summed E-state index contributed by atoms with van der Waals surface area (Å²) in [4.78, 5) is 29.9. The number of hydrogen-bond donors (Lipinski definition) is 1. The molecule has 0 radical (unpaired) electrons. The van der Waals surface area contributed by atoms with E-state index in [0.717, 1.165) is 12.1 Å². The summed E-state index contributed by atoms with van der Waals surface area (Å²) >= 11 is 0. The van der Waals surface area contributed by atoms with Gasteiger partial charge in [-0.3, -0.25) is 9.59 Å². The Balaban J connectivity index is 1.50. The Morgan fingerprint density at radius 1 is 1.27 bits per heavy atom. The molecule has 2 aromatic rings. The Hall–Kier alpha value is -2.82. The molecule has 0 bridgehead atoms. The smallest absolute Gasteiger partial charge is 0.244 e. The zero-order valence-electron chi connectivity index (χ0n) is 16.2. The van der Waals surface area contributed by atoms with Crippen molar-refractivity contribution >= 4 is 21.7 Å². The van der Waals surface area contributed by atoms with Crippen LogP contribution in [0.4, 0.5) is 8.78 Å². The van der Waals surface area contributed by atoms with Crippen LogP contribution in [0, 0.1) is 11.6 Å². The van der Waals surface area contributed by atoms with E-state index in [2.05, 4.69) is 10.3 Å². The van der Waals surface area contributed by atoms with Crippen molar-refractivity contribution in [3.8, 4) is 11.3 Å². The van der Waals surface area contributed by atoms with Gasteiger partial charge in [-0.25, -0.2) is 22.2 Å². The molecule has 1 fully saturated rings. The second-order valence-electron chi connectivity index (χ2n) is 7.01. The predicted octanol–water partition coefficient (Wildman–Crippen LogP) is 1.31. The van der Waals surface area contributed by atoms with Crippen molar-refractivity contribution in [1.29, 1.82) is 0 Å². The van der Waals surface area contributed by atoms with Crippen LogP contribution in [0.3, 0.4) is 0 Å². The zero-order chi connectivity index (χ0) is 21.9. The molecule has 0 aliphatic carbocycles. The monoisotopic (exact) mass is 441 g/mol. The molecule has 0 spiro atoms. The van der Waals surface area contributed by atoms with E-state index in [4.69, 9.17) is 4.42 Å². The lowest BCUT2D eigenvalue weighted by molar-refractivity contribution is -0.135. The van der Waals surface area contributed by atoms with E-state index in [1.165, 1.54) is 24.1 Å². The standard InChI is InChI=1S/C19H21F2N3O5S/c1-12(19(26)24-6-8-30(27,28)9-7-24)23-17(25)4-5-18-22-11-16(29-18)14-3-2-13(20)10-15(14)21/h2-3,10-12H,4-9H2,1H3,(H,23,25). The highest BCUT2D eigenvalue weighted by molar-refractivity contribution is 7.91. The minimum atomic E-state index is -3.10. The lowest BCUT2D eigenvalue weighted by Crippen LogP contribution is -2.51. The number of aromatic nitrogens is 1. The topological polar surface area (TPSA) is 110 Å². The second-order valence-corrected chi connectivity index (χ2v) is 9.31. The van der Waals surface area contributed by atoms with E-state index in [9.17, 15) is 26.8 Å². The first kappa shape index (κ1) is 21.9. The molecular weight excluding hydrogens is 420 g/mol. The average molecular weight is 441 g/mol. The number of sulfone groups is 1. The van der Waals surface area contributed by atoms with Gasteiger partial charge in [0.25, 0.3) is 0 Å². The minimum Gasteiger partial charge on any atom is -0.441 e. The number of carbonyl (C=O) groups is 2. The van der Waals surface area contributed by atoms with Gasteiger partial charge in [-0.05, 0) is 19.1 Å². The van der Waals surface area contributed by atoms with E-state index in [-0.39, 0.29) is 60.6 Å². The van der Waals surface area contributed by atoms with Crippen molar-refractivity contribution in [2.24, 2.45) is 0 Å². The van der Waals surface area contributed by atoms with Crippen LogP contribution in [0.2, 0.25) is 0 Å². The summed E-state index contributed by atoms with van der Waals surface area (Å²) in [6, 6.07) is 2.28. The lowest BCUT2D eigenvalue weighted by Gasteiger charge is -2.29. The molecule has 2 heterocycles. The maximum absolute atomic E-state index is 13.8. The molecule has 2 amide bonds. The van der Waals surface area contributed by atoms with Gasteiger partial charge < -0.3 is 14.6 Å². The number of nitrogens with zero attached hydrogens (tertiary/aromatic N) is 2. The zero-order valence-corrected chi connectivity index (χ0v) is 17.0. The van der Waals surface area contributed by atoms with Crippen LogP contribution in [-0.4, -0.2) is 60.8 Å². The highest BCUT2D eigenvalue weighted by Gasteiger charge is 2.28. The van der Waals surface area contributed by atoms with Gasteiger partial charge in [-0.1, -0.05) is 0 Å². The quantitative estimate of drug-likeness (QED) is 0.724. The van der Waals surface area contributed by atoms with Crippen molar-refractivity contribution in [1.82, 2.24) is 15.2 Å². The summed E-state index contributed by atoms with van der Waals surface area (Å²) < 4.78 is 55.1. The molecule has 1 saturated heterocycles. The van der Waals surface area contributed by atoms with Crippen molar-refractivity contribution in [3.05, 3.63) is 41.9 Å². The summed E-state index contributed by atoms with van der Waals surface area (Å²) in [5.41, 5.74) is 0.0577. The van der Waals surface area contributed by atoms with Crippen LogP contribution < -0.4 is 5.32 Å². The van der Waals surface area contributed by atoms with E-state index >= 15 is 0 Å². The SMILES string of the molecule is CC(NC(=O)CCc1ncc(-c2ccc(F)cc2F)o1)C(=O)N1CCS(=O)(=O)CC1. The Morgan fingerprint density at radius 2 is 1.97 bits per heavy atom. The third-order valence-electron chi connectivity index (χ3n) is 4.72. The van der Waals surface area contributed by atoms with Gasteiger partial charge in [0, 0.05) is 32.0 Å². The van der Waals surface area contributed by atoms with Crippen molar-refractivity contribution in [3.63, 3.8) is 0 Å². The number of amides is 2. The van der Waals surface area contributed by atoms with Crippen LogP contribution >= 0.6 is 0 Å². The number of nitrogens with one attached hydrogen (secondary N) is 1. The van der Waals surface area contributed by atoms with Crippen molar-refractivity contribution in [2.75, 3.05) is 24.6 Å². The van der Waals surface area contributed by atoms with Gasteiger partial charge in [0.1, 0.15) is 17.7 Å². The molecule has 0 saturated carbocycles. The van der Waals surface area contributed by atoms with Crippen LogP contribution in [0.25, 0.3) is 11.3 Å². The van der Waals surface area contributed by atoms with Gasteiger partial charge in [0.05, 0.1) is 23.3 Å². The lowest BCUT2D eigenvalue weighted by atomic mass is 10.2. The van der Waals surface area contributed by atoms with Crippen LogP contribution in [0.5, 0.6) is 0 Å². The highest BCUT2D eigenvalue weighted by Crippen LogP contribution is 2.24. The number of carbonyl (C=O) groups excluding carboxylic acids is 2. The average Bonchev–Trinajstić information content (AvgIpc) is 3.14. The maximum Gasteiger partial charge on any atom is 0.244 e. The first-order chi connectivity index (χ1) is 14.1. The molecule has 11 heteroatoms. The molecule has 1 aliphatic rings. The predicted molar refractivity (Wildman–Crippen MR) is 103 cm³/mol. The fourth-order valence-electron chi connectivity index (χ4n) is 3.04. The molecule has 1 aliphatic heterocycles. The van der Waals surface area contributed by atoms with E-state index < -0.39 is 33.4 Å². The summed E-state index contributed by atoms with van der Waals surface area (Å²) in [7, 11) is -3.10. The molecule has 8 nitrogen and oxygen atoms in total. The van der Waals surface area contributed by atoms with Crippen LogP contribution in [-0.2, 0) is 25.8 Å². The van der Waals surface area contributed by atoms with Gasteiger partial charge in [0.2, 0.25) is 11.8 Å². The molecule has 3 rings (SSSR count). The maximum atomic E-state index is 13.8. The van der Waals surface area contributed by atoms with Gasteiger partial charge in [0.15, 0.2) is 21.5 Å². The second kappa shape index (κ2) is 8.90. The van der Waals surface area contributed by atoms with Gasteiger partial charge in [-0.2, -0.15) is 0 Å². The molecule has 1 atom stereocenters. The minimum absolute atomic E-state index is 0.0160. The number of hydrogen-bond acceptors (Lipinski definition) is 6. The number of halogens is 2. The van der Waals surface area contributed by atoms with Gasteiger partial charge >= 0.3 is 0 Å². The summed E-state index contributed by atoms with van der Waals surface area (Å²) in [5, 5.41) is 2.57. The third-order valence-corrected chi connectivity index (χ3v) is 6.33. The largest absolute Gasteiger partial charge is 0.441 e. The first-order valence-electron chi connectivity index (χ1n) is 9.33. The molecule has 1 unspecified atom stereocenters.